The number of hydrogen-bond donors (Lipinski definition) is 10. The first-order valence-corrected chi connectivity index (χ1v) is 15.9. The van der Waals surface area contributed by atoms with E-state index in [0.717, 1.165) is 35.4 Å². The highest BCUT2D eigenvalue weighted by molar-refractivity contribution is 8.76. The zero-order valence-electron chi connectivity index (χ0n) is 24.3. The van der Waals surface area contributed by atoms with Crippen LogP contribution in [0, 0.1) is 0 Å². The van der Waals surface area contributed by atoms with E-state index in [2.05, 4.69) is 31.9 Å². The van der Waals surface area contributed by atoms with Crippen molar-refractivity contribution in [2.24, 2.45) is 5.73 Å². The number of nitrogens with two attached hydrogens (primary N) is 1. The number of carbonyl (C=O) groups is 9. The van der Waals surface area contributed by atoms with Crippen LogP contribution in [0.1, 0.15) is 39.5 Å². The number of amides is 7. The van der Waals surface area contributed by atoms with Gasteiger partial charge >= 0.3 is 11.9 Å². The van der Waals surface area contributed by atoms with Crippen LogP contribution < -0.4 is 37.6 Å². The van der Waals surface area contributed by atoms with Gasteiger partial charge in [0, 0.05) is 31.3 Å². The monoisotopic (exact) mass is 679 g/mol. The number of carboxylic acid groups (broad SMARTS) is 2. The Kier molecular flexibility index (Phi) is 16.7. The summed E-state index contributed by atoms with van der Waals surface area (Å²) in [5.41, 5.74) is 5.35. The van der Waals surface area contributed by atoms with Crippen LogP contribution >= 0.6 is 21.6 Å². The minimum absolute atomic E-state index is 0.0954. The Balaban J connectivity index is 3.47. The van der Waals surface area contributed by atoms with Gasteiger partial charge in [-0.1, -0.05) is 21.6 Å². The number of carbonyl (C=O) groups excluding carboxylic acids is 7. The van der Waals surface area contributed by atoms with Gasteiger partial charge in [-0.15, -0.1) is 0 Å². The van der Waals surface area contributed by atoms with E-state index in [4.69, 9.17) is 15.9 Å². The topological polar surface area (TPSA) is 313 Å². The molecule has 11 N–H and O–H groups in total. The van der Waals surface area contributed by atoms with E-state index in [1.807, 2.05) is 0 Å². The van der Waals surface area contributed by atoms with Crippen LogP contribution in [-0.4, -0.2) is 123 Å². The second kappa shape index (κ2) is 19.3. The molecule has 21 heteroatoms. The first-order chi connectivity index (χ1) is 21.0. The van der Waals surface area contributed by atoms with Gasteiger partial charge in [0.1, 0.15) is 30.2 Å². The van der Waals surface area contributed by atoms with Crippen molar-refractivity contribution >= 4 is 74.9 Å². The summed E-state index contributed by atoms with van der Waals surface area (Å²) in [4.78, 5) is 111. The second-order valence-corrected chi connectivity index (χ2v) is 12.3. The average molecular weight is 680 g/mol. The van der Waals surface area contributed by atoms with Crippen molar-refractivity contribution in [2.75, 3.05) is 18.1 Å². The molecule has 1 aliphatic heterocycles. The van der Waals surface area contributed by atoms with Gasteiger partial charge in [-0.05, 0) is 19.8 Å². The van der Waals surface area contributed by atoms with Crippen molar-refractivity contribution in [1.29, 1.82) is 0 Å². The van der Waals surface area contributed by atoms with Crippen LogP contribution in [0.4, 0.5) is 0 Å². The largest absolute Gasteiger partial charge is 0.481 e. The minimum Gasteiger partial charge on any atom is -0.481 e. The van der Waals surface area contributed by atoms with Gasteiger partial charge in [-0.2, -0.15) is 0 Å². The maximum atomic E-state index is 13.2. The number of rotatable bonds is 9. The summed E-state index contributed by atoms with van der Waals surface area (Å²) in [5.74, 6) is -9.42. The van der Waals surface area contributed by atoms with E-state index in [-0.39, 0.29) is 11.5 Å². The van der Waals surface area contributed by atoms with E-state index in [1.54, 1.807) is 0 Å². The molecule has 0 aromatic heterocycles. The molecule has 0 aromatic carbocycles. The molecule has 6 atom stereocenters. The Morgan fingerprint density at radius 1 is 0.844 bits per heavy atom. The third kappa shape index (κ3) is 15.0. The summed E-state index contributed by atoms with van der Waals surface area (Å²) in [6.45, 7) is 1.56. The van der Waals surface area contributed by atoms with Crippen molar-refractivity contribution in [2.45, 2.75) is 75.8 Å². The Labute approximate surface area is 264 Å². The van der Waals surface area contributed by atoms with E-state index in [9.17, 15) is 48.3 Å². The maximum Gasteiger partial charge on any atom is 0.303 e. The second-order valence-electron chi connectivity index (χ2n) is 9.78. The Morgan fingerprint density at radius 2 is 1.36 bits per heavy atom. The quantitative estimate of drug-likeness (QED) is 0.103. The van der Waals surface area contributed by atoms with E-state index in [1.165, 1.54) is 0 Å². The summed E-state index contributed by atoms with van der Waals surface area (Å²) < 4.78 is 0. The van der Waals surface area contributed by atoms with Gasteiger partial charge in [0.05, 0.1) is 12.6 Å². The third-order valence-corrected chi connectivity index (χ3v) is 8.39. The molecule has 252 valence electrons. The summed E-state index contributed by atoms with van der Waals surface area (Å²) in [6, 6.07) is -7.40. The lowest BCUT2D eigenvalue weighted by molar-refractivity contribution is -0.140. The first-order valence-electron chi connectivity index (χ1n) is 13.4. The predicted molar refractivity (Wildman–Crippen MR) is 158 cm³/mol. The van der Waals surface area contributed by atoms with Crippen molar-refractivity contribution in [3.63, 3.8) is 0 Å². The van der Waals surface area contributed by atoms with Crippen molar-refractivity contribution < 1.29 is 58.5 Å². The number of aliphatic hydroxyl groups is 1. The van der Waals surface area contributed by atoms with E-state index >= 15 is 0 Å². The van der Waals surface area contributed by atoms with Crippen LogP contribution in [0.5, 0.6) is 0 Å². The van der Waals surface area contributed by atoms with Crippen LogP contribution in [-0.2, 0) is 43.2 Å². The average Bonchev–Trinajstić information content (AvgIpc) is 2.93. The number of aliphatic carboxylic acids is 2. The zero-order valence-corrected chi connectivity index (χ0v) is 26.0. The van der Waals surface area contributed by atoms with Gasteiger partial charge in [-0.25, -0.2) is 0 Å². The molecule has 1 rings (SSSR count). The fourth-order valence-corrected chi connectivity index (χ4v) is 6.00. The minimum atomic E-state index is -1.69. The van der Waals surface area contributed by atoms with Crippen LogP contribution in [0.2, 0.25) is 0 Å². The van der Waals surface area contributed by atoms with Gasteiger partial charge in [0.2, 0.25) is 41.4 Å². The molecule has 0 spiro atoms. The van der Waals surface area contributed by atoms with Crippen LogP contribution in [0.15, 0.2) is 0 Å². The van der Waals surface area contributed by atoms with Gasteiger partial charge in [0.15, 0.2) is 0 Å². The van der Waals surface area contributed by atoms with E-state index in [0.29, 0.717) is 0 Å². The standard InChI is InChI=1S/C24H37N7O12S2/c1-10(32)19-24(43)26-7-16(34)28-14(20(25)39)8-44-45-9-15(27-11(2)33)23(42)30-12(3-5-17(35)36)21(40)29-13(22(41)31-19)4-6-18(37)38/h10,12-15,19,32H,3-9H2,1-2H3,(H2,25,39)(H,26,43)(H,27,33)(H,28,34)(H,29,40)(H,30,42)(H,31,41)(H,35,36)(H,37,38)/t10-,12+,13+,14+,15+,19+/m1/s1. The molecule has 1 aliphatic rings. The normalized spacial score (nSPS) is 25.2. The summed E-state index contributed by atoms with van der Waals surface area (Å²) in [5, 5.41) is 42.1. The SMILES string of the molecule is CC(=O)N[C@H]1CSSC[C@@H](C(N)=O)NC(=O)CNC(=O)[C@H]([C@@H](C)O)NC(=O)[C@H](CCC(=O)O)NC(=O)[C@H](CCC(=O)O)NC1=O. The van der Waals surface area contributed by atoms with Gasteiger partial charge in [0.25, 0.3) is 0 Å². The molecule has 0 saturated carbocycles. The Bertz CT molecular complexity index is 1160. The predicted octanol–water partition coefficient (Wildman–Crippen LogP) is -4.46. The number of nitrogens with one attached hydrogen (secondary N) is 6. The lowest BCUT2D eigenvalue weighted by Crippen LogP contribution is -2.60. The van der Waals surface area contributed by atoms with Gasteiger partial charge < -0.3 is 53.0 Å². The Morgan fingerprint density at radius 3 is 1.84 bits per heavy atom. The summed E-state index contributed by atoms with van der Waals surface area (Å²) in [7, 11) is 1.99. The molecular weight excluding hydrogens is 642 g/mol. The molecule has 7 amide bonds. The molecule has 0 bridgehead atoms. The molecule has 19 nitrogen and oxygen atoms in total. The molecule has 1 heterocycles. The molecule has 1 fully saturated rings. The number of carboxylic acids is 2. The highest BCUT2D eigenvalue weighted by atomic mass is 33.1. The van der Waals surface area contributed by atoms with Crippen molar-refractivity contribution in [3.8, 4) is 0 Å². The summed E-state index contributed by atoms with van der Waals surface area (Å²) >= 11 is 0. The summed E-state index contributed by atoms with van der Waals surface area (Å²) in [6.07, 6.45) is -3.78. The highest BCUT2D eigenvalue weighted by Gasteiger charge is 2.33. The fraction of sp³-hybridized carbons (Fsp3) is 0.625. The molecule has 0 aliphatic carbocycles. The highest BCUT2D eigenvalue weighted by Crippen LogP contribution is 2.23. The van der Waals surface area contributed by atoms with Crippen LogP contribution in [0.25, 0.3) is 0 Å². The zero-order chi connectivity index (χ0) is 34.3. The fourth-order valence-electron chi connectivity index (χ4n) is 3.66. The first kappa shape index (κ1) is 38.9. The molecule has 0 radical (unpaired) electrons. The van der Waals surface area contributed by atoms with E-state index < -0.39 is 122 Å². The van der Waals surface area contributed by atoms with Crippen molar-refractivity contribution in [3.05, 3.63) is 0 Å². The number of aliphatic hydroxyl groups excluding tert-OH is 1. The molecule has 0 aromatic rings. The molecule has 1 saturated heterocycles. The number of hydrogen-bond acceptors (Lipinski definition) is 12. The van der Waals surface area contributed by atoms with Crippen molar-refractivity contribution in [1.82, 2.24) is 31.9 Å². The Hall–Kier alpha value is -4.11. The van der Waals surface area contributed by atoms with Gasteiger partial charge in [-0.3, -0.25) is 43.2 Å². The lowest BCUT2D eigenvalue weighted by atomic mass is 10.1. The molecular formula is C24H37N7O12S2. The molecule has 45 heavy (non-hydrogen) atoms. The van der Waals surface area contributed by atoms with Crippen LogP contribution in [0.3, 0.4) is 0 Å². The molecule has 0 unspecified atom stereocenters. The maximum absolute atomic E-state index is 13.2. The smallest absolute Gasteiger partial charge is 0.303 e. The third-order valence-electron chi connectivity index (χ3n) is 5.97. The lowest BCUT2D eigenvalue weighted by Gasteiger charge is -2.27. The number of primary amides is 1.